The topological polar surface area (TPSA) is 99.6 Å². The number of morpholine rings is 1. The first-order valence-electron chi connectivity index (χ1n) is 11.4. The van der Waals surface area contributed by atoms with Gasteiger partial charge >= 0.3 is 0 Å². The maximum absolute atomic E-state index is 13.7. The van der Waals surface area contributed by atoms with Crippen LogP contribution in [-0.2, 0) is 19.6 Å². The highest BCUT2D eigenvalue weighted by molar-refractivity contribution is 7.89. The molecule has 0 bridgehead atoms. The maximum atomic E-state index is 13.7. The third-order valence-electron chi connectivity index (χ3n) is 5.91. The Bertz CT molecular complexity index is 1130. The molecule has 188 valence electrons. The molecule has 11 heteroatoms. The first-order chi connectivity index (χ1) is 16.8. The van der Waals surface area contributed by atoms with Crippen molar-refractivity contribution in [1.82, 2.24) is 14.3 Å². The molecular weight excluding hydrogens is 494 g/mol. The van der Waals surface area contributed by atoms with E-state index >= 15 is 0 Å². The molecule has 2 aromatic rings. The van der Waals surface area contributed by atoms with Crippen molar-refractivity contribution in [3.8, 4) is 11.5 Å². The average molecular weight is 522 g/mol. The van der Waals surface area contributed by atoms with Gasteiger partial charge in [-0.25, -0.2) is 13.5 Å². The fourth-order valence-corrected chi connectivity index (χ4v) is 5.68. The first-order valence-corrected chi connectivity index (χ1v) is 13.2. The van der Waals surface area contributed by atoms with E-state index in [4.69, 9.17) is 21.1 Å². The SMILES string of the molecule is O=C1C(N(CCN2CCOCC2)S(=O)(=O)c2ccc(Oc3ccc(Cl)cc3)cc2)CC=CCN1O. The standard InChI is InChI=1S/C24H28ClN3O6S/c25-19-4-6-20(7-5-19)34-21-8-10-22(11-9-21)35(31,32)28(14-13-26-15-17-33-18-16-26)23-3-1-2-12-27(30)24(23)29/h1-2,4-11,23,30H,3,12-18H2. The van der Waals surface area contributed by atoms with Crippen LogP contribution in [0.15, 0.2) is 65.6 Å². The third kappa shape index (κ3) is 6.40. The van der Waals surface area contributed by atoms with Crippen LogP contribution in [0.5, 0.6) is 11.5 Å². The van der Waals surface area contributed by atoms with Gasteiger partial charge in [-0.05, 0) is 55.0 Å². The van der Waals surface area contributed by atoms with Gasteiger partial charge in [0.05, 0.1) is 24.7 Å². The fraction of sp³-hybridized carbons (Fsp3) is 0.375. The van der Waals surface area contributed by atoms with E-state index in [1.807, 2.05) is 0 Å². The van der Waals surface area contributed by atoms with Gasteiger partial charge in [0.15, 0.2) is 0 Å². The number of carbonyl (C=O) groups excluding carboxylic acids is 1. The van der Waals surface area contributed by atoms with Gasteiger partial charge in [-0.3, -0.25) is 14.9 Å². The molecule has 1 amide bonds. The predicted octanol–water partition coefficient (Wildman–Crippen LogP) is 3.00. The number of halogens is 1. The van der Waals surface area contributed by atoms with Gasteiger partial charge in [0, 0.05) is 31.2 Å². The Morgan fingerprint density at radius 3 is 2.31 bits per heavy atom. The van der Waals surface area contributed by atoms with Crippen LogP contribution in [0.4, 0.5) is 0 Å². The predicted molar refractivity (Wildman–Crippen MR) is 130 cm³/mol. The van der Waals surface area contributed by atoms with E-state index in [-0.39, 0.29) is 24.4 Å². The molecule has 2 aliphatic heterocycles. The molecule has 0 aliphatic carbocycles. The van der Waals surface area contributed by atoms with E-state index < -0.39 is 22.0 Å². The molecule has 1 fully saturated rings. The lowest BCUT2D eigenvalue weighted by atomic mass is 10.2. The molecule has 9 nitrogen and oxygen atoms in total. The van der Waals surface area contributed by atoms with Crippen LogP contribution in [0.3, 0.4) is 0 Å². The Morgan fingerprint density at radius 1 is 1.03 bits per heavy atom. The van der Waals surface area contributed by atoms with E-state index in [9.17, 15) is 18.4 Å². The number of hydrogen-bond acceptors (Lipinski definition) is 7. The largest absolute Gasteiger partial charge is 0.457 e. The molecule has 1 unspecified atom stereocenters. The van der Waals surface area contributed by atoms with Crippen molar-refractivity contribution in [3.05, 3.63) is 65.7 Å². The van der Waals surface area contributed by atoms with Crippen LogP contribution in [0.25, 0.3) is 0 Å². The quantitative estimate of drug-likeness (QED) is 0.421. The molecule has 2 heterocycles. The number of nitrogens with zero attached hydrogens (tertiary/aromatic N) is 3. The lowest BCUT2D eigenvalue weighted by Gasteiger charge is -2.33. The van der Waals surface area contributed by atoms with Crippen molar-refractivity contribution in [3.63, 3.8) is 0 Å². The number of carbonyl (C=O) groups is 1. The Balaban J connectivity index is 1.57. The number of sulfonamides is 1. The Kier molecular flexibility index (Phi) is 8.42. The lowest BCUT2D eigenvalue weighted by molar-refractivity contribution is -0.166. The summed E-state index contributed by atoms with van der Waals surface area (Å²) in [5, 5.41) is 11.2. The molecule has 0 aromatic heterocycles. The number of ether oxygens (including phenoxy) is 2. The molecule has 0 radical (unpaired) electrons. The highest BCUT2D eigenvalue weighted by Crippen LogP contribution is 2.27. The zero-order valence-corrected chi connectivity index (χ0v) is 20.7. The minimum Gasteiger partial charge on any atom is -0.457 e. The number of rotatable bonds is 8. The van der Waals surface area contributed by atoms with Crippen molar-refractivity contribution in [2.75, 3.05) is 45.9 Å². The Labute approximate surface area is 210 Å². The van der Waals surface area contributed by atoms with Crippen molar-refractivity contribution in [1.29, 1.82) is 0 Å². The maximum Gasteiger partial charge on any atom is 0.264 e. The molecule has 35 heavy (non-hydrogen) atoms. The van der Waals surface area contributed by atoms with Gasteiger partial charge in [0.2, 0.25) is 10.0 Å². The second-order valence-electron chi connectivity index (χ2n) is 8.24. The minimum atomic E-state index is -4.06. The summed E-state index contributed by atoms with van der Waals surface area (Å²) in [7, 11) is -4.06. The molecule has 1 N–H and O–H groups in total. The number of hydrogen-bond donors (Lipinski definition) is 1. The second-order valence-corrected chi connectivity index (χ2v) is 10.6. The van der Waals surface area contributed by atoms with Gasteiger partial charge in [-0.1, -0.05) is 23.8 Å². The summed E-state index contributed by atoms with van der Waals surface area (Å²) >= 11 is 5.90. The summed E-state index contributed by atoms with van der Waals surface area (Å²) < 4.78 is 39.8. The fourth-order valence-electron chi connectivity index (χ4n) is 3.97. The summed E-state index contributed by atoms with van der Waals surface area (Å²) in [4.78, 5) is 15.0. The van der Waals surface area contributed by atoms with Gasteiger partial charge in [-0.2, -0.15) is 4.31 Å². The van der Waals surface area contributed by atoms with E-state index in [1.165, 1.54) is 16.4 Å². The molecule has 1 saturated heterocycles. The summed E-state index contributed by atoms with van der Waals surface area (Å²) in [6.45, 7) is 3.10. The van der Waals surface area contributed by atoms with Crippen LogP contribution in [0.1, 0.15) is 6.42 Å². The number of amides is 1. The van der Waals surface area contributed by atoms with Crippen LogP contribution in [-0.4, -0.2) is 85.8 Å². The monoisotopic (exact) mass is 521 g/mol. The van der Waals surface area contributed by atoms with Gasteiger partial charge in [-0.15, -0.1) is 0 Å². The van der Waals surface area contributed by atoms with Crippen LogP contribution >= 0.6 is 11.6 Å². The molecule has 4 rings (SSSR count). The highest BCUT2D eigenvalue weighted by Gasteiger charge is 2.38. The molecular formula is C24H28ClN3O6S. The first kappa shape index (κ1) is 25.6. The summed E-state index contributed by atoms with van der Waals surface area (Å²) in [5.41, 5.74) is 0. The zero-order valence-electron chi connectivity index (χ0n) is 19.1. The van der Waals surface area contributed by atoms with E-state index in [2.05, 4.69) is 4.90 Å². The Morgan fingerprint density at radius 2 is 1.66 bits per heavy atom. The van der Waals surface area contributed by atoms with Crippen LogP contribution in [0, 0.1) is 0 Å². The Hall–Kier alpha value is -2.47. The molecule has 2 aromatic carbocycles. The van der Waals surface area contributed by atoms with Crippen molar-refractivity contribution in [2.24, 2.45) is 0 Å². The number of benzene rings is 2. The highest BCUT2D eigenvalue weighted by atomic mass is 35.5. The molecule has 1 atom stereocenters. The molecule has 0 spiro atoms. The van der Waals surface area contributed by atoms with E-state index in [1.54, 1.807) is 48.6 Å². The third-order valence-corrected chi connectivity index (χ3v) is 8.09. The molecule has 0 saturated carbocycles. The average Bonchev–Trinajstić information content (AvgIpc) is 3.02. The van der Waals surface area contributed by atoms with Crippen molar-refractivity contribution < 1.29 is 27.9 Å². The van der Waals surface area contributed by atoms with Gasteiger partial charge < -0.3 is 9.47 Å². The van der Waals surface area contributed by atoms with Gasteiger partial charge in [0.25, 0.3) is 5.91 Å². The van der Waals surface area contributed by atoms with Crippen molar-refractivity contribution in [2.45, 2.75) is 17.4 Å². The molecule has 2 aliphatic rings. The second kappa shape index (κ2) is 11.5. The van der Waals surface area contributed by atoms with Gasteiger partial charge in [0.1, 0.15) is 17.5 Å². The minimum absolute atomic E-state index is 0.0173. The summed E-state index contributed by atoms with van der Waals surface area (Å²) in [6, 6.07) is 11.8. The van der Waals surface area contributed by atoms with E-state index in [0.29, 0.717) is 54.4 Å². The van der Waals surface area contributed by atoms with Crippen LogP contribution < -0.4 is 4.74 Å². The van der Waals surface area contributed by atoms with E-state index in [0.717, 1.165) is 0 Å². The summed E-state index contributed by atoms with van der Waals surface area (Å²) in [5.74, 6) is 0.375. The lowest BCUT2D eigenvalue weighted by Crippen LogP contribution is -2.52. The van der Waals surface area contributed by atoms with Crippen molar-refractivity contribution >= 4 is 27.5 Å². The normalized spacial score (nSPS) is 19.7. The number of hydroxylamine groups is 2. The van der Waals surface area contributed by atoms with Crippen LogP contribution in [0.2, 0.25) is 5.02 Å². The zero-order chi connectivity index (χ0) is 24.8. The summed E-state index contributed by atoms with van der Waals surface area (Å²) in [6.07, 6.45) is 3.54. The smallest absolute Gasteiger partial charge is 0.264 e.